The summed E-state index contributed by atoms with van der Waals surface area (Å²) in [5.41, 5.74) is 5.28. The Balaban J connectivity index is 1.25. The van der Waals surface area contributed by atoms with Crippen molar-refractivity contribution in [2.75, 3.05) is 10.7 Å². The van der Waals surface area contributed by atoms with E-state index in [-0.39, 0.29) is 17.6 Å². The van der Waals surface area contributed by atoms with Gasteiger partial charge in [-0.1, -0.05) is 49.9 Å². The first kappa shape index (κ1) is 27.5. The number of halogens is 3. The van der Waals surface area contributed by atoms with Crippen LogP contribution in [0.5, 0.6) is 5.75 Å². The second-order valence-electron chi connectivity index (χ2n) is 9.79. The summed E-state index contributed by atoms with van der Waals surface area (Å²) in [7, 11) is 0. The number of fused-ring (bicyclic) bond motifs is 3. The quantitative estimate of drug-likeness (QED) is 0.157. The number of amides is 1. The fourth-order valence-corrected chi connectivity index (χ4v) is 5.59. The molecule has 12 heteroatoms. The van der Waals surface area contributed by atoms with Gasteiger partial charge in [-0.3, -0.25) is 19.2 Å². The maximum absolute atomic E-state index is 12.7. The molecule has 0 bridgehead atoms. The van der Waals surface area contributed by atoms with Crippen LogP contribution in [0, 0.1) is 0 Å². The Morgan fingerprint density at radius 2 is 1.81 bits per heavy atom. The van der Waals surface area contributed by atoms with Crippen molar-refractivity contribution in [2.45, 2.75) is 26.1 Å². The minimum Gasteiger partial charge on any atom is -0.406 e. The molecule has 5 aromatic rings. The maximum atomic E-state index is 12.7. The summed E-state index contributed by atoms with van der Waals surface area (Å²) in [6, 6.07) is 19.0. The second kappa shape index (κ2) is 10.9. The number of alkyl halides is 3. The van der Waals surface area contributed by atoms with Crippen LogP contribution in [0.15, 0.2) is 89.5 Å². The predicted octanol–water partition coefficient (Wildman–Crippen LogP) is 7.07. The number of rotatable bonds is 6. The van der Waals surface area contributed by atoms with Crippen molar-refractivity contribution in [3.05, 3.63) is 90.4 Å². The normalized spacial score (nSPS) is 15.2. The summed E-state index contributed by atoms with van der Waals surface area (Å²) in [5.74, 6) is 0.202. The molecule has 0 atom stereocenters. The number of aromatic nitrogens is 3. The molecule has 0 aliphatic carbocycles. The SMILES string of the molecule is CC(C)c1ccccc1N1C(=O)CSC1=N/N=C/c1cnc2c(ccc3c2ncn3-c2ccc(OC(F)(F)F)cc2)c1. The number of pyridine rings is 1. The van der Waals surface area contributed by atoms with E-state index in [1.54, 1.807) is 28.2 Å². The largest absolute Gasteiger partial charge is 0.573 e. The highest BCUT2D eigenvalue weighted by atomic mass is 32.2. The molecule has 3 aromatic carbocycles. The van der Waals surface area contributed by atoms with E-state index in [0.717, 1.165) is 22.2 Å². The monoisotopic (exact) mass is 588 g/mol. The molecular formula is C30H23F3N6O2S. The molecular weight excluding hydrogens is 565 g/mol. The zero-order chi connectivity index (χ0) is 29.4. The number of para-hydroxylation sites is 1. The number of hydrogen-bond acceptors (Lipinski definition) is 7. The molecule has 8 nitrogen and oxygen atoms in total. The van der Waals surface area contributed by atoms with Crippen LogP contribution < -0.4 is 9.64 Å². The molecule has 1 saturated heterocycles. The highest BCUT2D eigenvalue weighted by molar-refractivity contribution is 8.15. The fourth-order valence-electron chi connectivity index (χ4n) is 4.77. The maximum Gasteiger partial charge on any atom is 0.573 e. The summed E-state index contributed by atoms with van der Waals surface area (Å²) in [5, 5.41) is 9.96. The van der Waals surface area contributed by atoms with Gasteiger partial charge in [0.05, 0.1) is 28.7 Å². The molecule has 0 spiro atoms. The van der Waals surface area contributed by atoms with Crippen LogP contribution in [0.3, 0.4) is 0 Å². The highest BCUT2D eigenvalue weighted by Crippen LogP contribution is 2.33. The minimum atomic E-state index is -4.75. The average Bonchev–Trinajstić information content (AvgIpc) is 3.56. The van der Waals surface area contributed by atoms with Crippen molar-refractivity contribution in [3.8, 4) is 11.4 Å². The molecule has 1 fully saturated rings. The molecule has 0 unspecified atom stereocenters. The molecule has 0 radical (unpaired) electrons. The van der Waals surface area contributed by atoms with Crippen LogP contribution in [0.25, 0.3) is 27.6 Å². The van der Waals surface area contributed by atoms with Crippen molar-refractivity contribution < 1.29 is 22.7 Å². The van der Waals surface area contributed by atoms with Gasteiger partial charge in [-0.25, -0.2) is 4.98 Å². The number of nitrogens with zero attached hydrogens (tertiary/aromatic N) is 6. The van der Waals surface area contributed by atoms with Crippen LogP contribution in [0.2, 0.25) is 0 Å². The zero-order valence-electron chi connectivity index (χ0n) is 22.4. The van der Waals surface area contributed by atoms with Gasteiger partial charge in [0.25, 0.3) is 0 Å². The van der Waals surface area contributed by atoms with Gasteiger partial charge in [0.15, 0.2) is 5.17 Å². The number of imidazole rings is 1. The lowest BCUT2D eigenvalue weighted by atomic mass is 10.0. The van der Waals surface area contributed by atoms with Gasteiger partial charge in [0, 0.05) is 22.8 Å². The average molecular weight is 589 g/mol. The standard InChI is InChI=1S/C30H23F3N6O2S/c1-18(2)23-5-3-4-6-24(23)39-26(40)16-42-29(39)37-36-15-19-13-20-7-12-25-28(27(20)34-14-19)35-17-38(25)21-8-10-22(11-9-21)41-30(31,32)33/h3-15,17-18H,16H2,1-2H3/b36-15+,37-29?. The fraction of sp³-hybridized carbons (Fsp3) is 0.167. The predicted molar refractivity (Wildman–Crippen MR) is 159 cm³/mol. The number of benzene rings is 3. The zero-order valence-corrected chi connectivity index (χ0v) is 23.2. The molecule has 0 N–H and O–H groups in total. The van der Waals surface area contributed by atoms with Gasteiger partial charge < -0.3 is 4.74 Å². The Bertz CT molecular complexity index is 1870. The Morgan fingerprint density at radius 3 is 2.57 bits per heavy atom. The van der Waals surface area contributed by atoms with E-state index in [4.69, 9.17) is 0 Å². The van der Waals surface area contributed by atoms with Crippen molar-refractivity contribution in [1.29, 1.82) is 0 Å². The Labute approximate surface area is 242 Å². The van der Waals surface area contributed by atoms with Gasteiger partial charge in [0.1, 0.15) is 17.6 Å². The van der Waals surface area contributed by atoms with Crippen LogP contribution in [0.4, 0.5) is 18.9 Å². The second-order valence-corrected chi connectivity index (χ2v) is 10.7. The molecule has 1 amide bonds. The third kappa shape index (κ3) is 5.45. The first-order chi connectivity index (χ1) is 20.2. The summed E-state index contributed by atoms with van der Waals surface area (Å²) >= 11 is 1.35. The Hall–Kier alpha value is -4.71. The first-order valence-electron chi connectivity index (χ1n) is 13.0. The molecule has 0 saturated carbocycles. The lowest BCUT2D eigenvalue weighted by Crippen LogP contribution is -2.30. The van der Waals surface area contributed by atoms with Crippen molar-refractivity contribution >= 4 is 56.7 Å². The first-order valence-corrected chi connectivity index (χ1v) is 13.9. The van der Waals surface area contributed by atoms with Crippen molar-refractivity contribution in [2.24, 2.45) is 10.2 Å². The lowest BCUT2D eigenvalue weighted by molar-refractivity contribution is -0.274. The van der Waals surface area contributed by atoms with Gasteiger partial charge in [0.2, 0.25) is 5.91 Å². The van der Waals surface area contributed by atoms with E-state index in [1.165, 1.54) is 36.0 Å². The van der Waals surface area contributed by atoms with E-state index in [2.05, 4.69) is 38.8 Å². The number of thioether (sulfide) groups is 1. The highest BCUT2D eigenvalue weighted by Gasteiger charge is 2.32. The van der Waals surface area contributed by atoms with Crippen LogP contribution in [-0.2, 0) is 4.79 Å². The number of hydrogen-bond donors (Lipinski definition) is 0. The van der Waals surface area contributed by atoms with Crippen LogP contribution in [-0.4, -0.2) is 43.9 Å². The van der Waals surface area contributed by atoms with Crippen molar-refractivity contribution in [3.63, 3.8) is 0 Å². The minimum absolute atomic E-state index is 0.0385. The Morgan fingerprint density at radius 1 is 1.02 bits per heavy atom. The number of ether oxygens (including phenoxy) is 1. The molecule has 1 aliphatic rings. The lowest BCUT2D eigenvalue weighted by Gasteiger charge is -2.20. The van der Waals surface area contributed by atoms with Gasteiger partial charge >= 0.3 is 6.36 Å². The van der Waals surface area contributed by atoms with E-state index in [0.29, 0.717) is 33.2 Å². The topological polar surface area (TPSA) is 85.0 Å². The van der Waals surface area contributed by atoms with Crippen LogP contribution >= 0.6 is 11.8 Å². The van der Waals surface area contributed by atoms with Crippen LogP contribution in [0.1, 0.15) is 30.9 Å². The third-order valence-corrected chi connectivity index (χ3v) is 7.57. The van der Waals surface area contributed by atoms with E-state index in [1.807, 2.05) is 42.5 Å². The Kier molecular flexibility index (Phi) is 7.15. The molecule has 212 valence electrons. The number of anilines is 1. The number of amidine groups is 1. The van der Waals surface area contributed by atoms with Gasteiger partial charge in [-0.15, -0.1) is 18.3 Å². The van der Waals surface area contributed by atoms with Gasteiger partial charge in [-0.05, 0) is 53.9 Å². The van der Waals surface area contributed by atoms with E-state index in [9.17, 15) is 18.0 Å². The van der Waals surface area contributed by atoms with E-state index >= 15 is 0 Å². The molecule has 2 aromatic heterocycles. The molecule has 1 aliphatic heterocycles. The van der Waals surface area contributed by atoms with E-state index < -0.39 is 6.36 Å². The number of carbonyl (C=O) groups excluding carboxylic acids is 1. The third-order valence-electron chi connectivity index (χ3n) is 6.65. The number of carbonyl (C=O) groups is 1. The summed E-state index contributed by atoms with van der Waals surface area (Å²) in [6.07, 6.45) is 0.0920. The summed E-state index contributed by atoms with van der Waals surface area (Å²) in [6.45, 7) is 4.17. The summed E-state index contributed by atoms with van der Waals surface area (Å²) in [4.78, 5) is 23.4. The molecule has 6 rings (SSSR count). The molecule has 42 heavy (non-hydrogen) atoms. The van der Waals surface area contributed by atoms with Crippen molar-refractivity contribution in [1.82, 2.24) is 14.5 Å². The smallest absolute Gasteiger partial charge is 0.406 e. The summed E-state index contributed by atoms with van der Waals surface area (Å²) < 4.78 is 43.2. The molecule has 3 heterocycles. The van der Waals surface area contributed by atoms with Gasteiger partial charge in [-0.2, -0.15) is 5.10 Å².